The first-order valence-corrected chi connectivity index (χ1v) is 18.0. The number of fused-ring (bicyclic) bond motifs is 1. The van der Waals surface area contributed by atoms with Gasteiger partial charge in [-0.3, -0.25) is 9.62 Å². The maximum atomic E-state index is 12.1. The molecule has 15 heteroatoms. The summed E-state index contributed by atoms with van der Waals surface area (Å²) in [5, 5.41) is 6.71. The van der Waals surface area contributed by atoms with Crippen molar-refractivity contribution in [3.05, 3.63) is 45.5 Å². The number of hydrogen-bond acceptors (Lipinski definition) is 11. The second kappa shape index (κ2) is 13.4. The molecule has 3 aliphatic heterocycles. The number of piperazine rings is 1. The molecule has 3 N–H and O–H groups in total. The van der Waals surface area contributed by atoms with E-state index in [1.54, 1.807) is 13.2 Å². The number of likely N-dealkylation sites (N-methyl/N-ethyl adjacent to an activating group) is 1. The minimum Gasteiger partial charge on any atom is -0.494 e. The molecule has 0 bridgehead atoms. The van der Waals surface area contributed by atoms with Gasteiger partial charge in [0.15, 0.2) is 5.82 Å². The summed E-state index contributed by atoms with van der Waals surface area (Å²) in [6.07, 6.45) is 5.56. The molecule has 2 fully saturated rings. The maximum Gasteiger partial charge on any atom is 0.229 e. The Bertz CT molecular complexity index is 1660. The highest BCUT2D eigenvalue weighted by Gasteiger charge is 2.28. The Morgan fingerprint density at radius 2 is 1.78 bits per heavy atom. The zero-order chi connectivity index (χ0) is 31.7. The minimum atomic E-state index is -3.55. The fourth-order valence-corrected chi connectivity index (χ4v) is 7.39. The lowest BCUT2D eigenvalue weighted by Gasteiger charge is -2.42. The van der Waals surface area contributed by atoms with Gasteiger partial charge in [0.25, 0.3) is 0 Å². The first-order valence-electron chi connectivity index (χ1n) is 15.0. The topological polar surface area (TPSA) is 124 Å². The molecular formula is C30H38BrClN8O4S. The van der Waals surface area contributed by atoms with Crippen LogP contribution in [0.15, 0.2) is 34.9 Å². The first kappa shape index (κ1) is 31.9. The van der Waals surface area contributed by atoms with Gasteiger partial charge in [0.05, 0.1) is 48.9 Å². The number of aromatic nitrogens is 2. The highest BCUT2D eigenvalue weighted by atomic mass is 79.9. The number of anilines is 6. The molecule has 0 unspecified atom stereocenters. The van der Waals surface area contributed by atoms with Crippen LogP contribution in [0.5, 0.6) is 11.5 Å². The normalized spacial score (nSPS) is 17.9. The van der Waals surface area contributed by atoms with E-state index in [0.29, 0.717) is 53.4 Å². The molecule has 2 saturated heterocycles. The molecule has 4 heterocycles. The van der Waals surface area contributed by atoms with E-state index in [4.69, 9.17) is 21.1 Å². The lowest BCUT2D eigenvalue weighted by Crippen LogP contribution is -2.52. The van der Waals surface area contributed by atoms with Crippen LogP contribution >= 0.6 is 27.5 Å². The van der Waals surface area contributed by atoms with Crippen molar-refractivity contribution in [1.82, 2.24) is 19.8 Å². The fourth-order valence-electron chi connectivity index (χ4n) is 6.09. The molecule has 0 aliphatic carbocycles. The van der Waals surface area contributed by atoms with E-state index in [9.17, 15) is 8.42 Å². The standard InChI is InChI=1S/C30H38BrClN8O4S/c1-38-9-11-39(12-10-38)20-4-7-40(8-5-20)26-17-28(43-2)25(15-21(26)31)35-30-33-18-22(32)29(36-30)34-23-14-19-6-13-44-27(19)16-24(23)37-45(3,41)42/h14-18,20,37H,4-13H2,1-3H3,(H2,33,34,35,36). The summed E-state index contributed by atoms with van der Waals surface area (Å²) in [5.74, 6) is 1.89. The number of piperidine rings is 1. The van der Waals surface area contributed by atoms with Crippen molar-refractivity contribution in [2.75, 3.05) is 86.5 Å². The molecule has 3 aliphatic rings. The van der Waals surface area contributed by atoms with E-state index in [2.05, 4.69) is 63.0 Å². The Kier molecular flexibility index (Phi) is 9.48. The van der Waals surface area contributed by atoms with Crippen LogP contribution in [0.2, 0.25) is 5.02 Å². The van der Waals surface area contributed by atoms with Crippen molar-refractivity contribution in [3.8, 4) is 11.5 Å². The average Bonchev–Trinajstić information content (AvgIpc) is 3.46. The van der Waals surface area contributed by atoms with E-state index >= 15 is 0 Å². The van der Waals surface area contributed by atoms with Crippen LogP contribution in [0, 0.1) is 0 Å². The molecule has 0 radical (unpaired) electrons. The Morgan fingerprint density at radius 1 is 1.02 bits per heavy atom. The molecule has 0 amide bonds. The Morgan fingerprint density at radius 3 is 2.49 bits per heavy atom. The quantitative estimate of drug-likeness (QED) is 0.279. The van der Waals surface area contributed by atoms with Gasteiger partial charge in [-0.15, -0.1) is 0 Å². The number of ether oxygens (including phenoxy) is 2. The summed E-state index contributed by atoms with van der Waals surface area (Å²) in [6, 6.07) is 8.14. The number of nitrogens with zero attached hydrogens (tertiary/aromatic N) is 5. The SMILES string of the molecule is COc1cc(N2CCC(N3CCN(C)CC3)CC2)c(Br)cc1Nc1ncc(Cl)c(Nc2cc3c(cc2NS(C)(=O)=O)OCC3)n1. The highest BCUT2D eigenvalue weighted by Crippen LogP contribution is 2.40. The third-order valence-corrected chi connectivity index (χ3v) is 10.00. The predicted molar refractivity (Wildman–Crippen MR) is 183 cm³/mol. The largest absolute Gasteiger partial charge is 0.494 e. The molecule has 12 nitrogen and oxygen atoms in total. The van der Waals surface area contributed by atoms with Crippen molar-refractivity contribution < 1.29 is 17.9 Å². The molecule has 1 aromatic heterocycles. The number of methoxy groups -OCH3 is 1. The van der Waals surface area contributed by atoms with Crippen molar-refractivity contribution in [2.24, 2.45) is 0 Å². The van der Waals surface area contributed by atoms with Crippen molar-refractivity contribution in [2.45, 2.75) is 25.3 Å². The Labute approximate surface area is 277 Å². The summed E-state index contributed by atoms with van der Waals surface area (Å²) in [4.78, 5) is 16.4. The van der Waals surface area contributed by atoms with Gasteiger partial charge in [-0.25, -0.2) is 13.4 Å². The molecule has 0 atom stereocenters. The average molecular weight is 722 g/mol. The van der Waals surface area contributed by atoms with E-state index in [-0.39, 0.29) is 11.0 Å². The molecule has 242 valence electrons. The summed E-state index contributed by atoms with van der Waals surface area (Å²) in [5.41, 5.74) is 3.55. The van der Waals surface area contributed by atoms with E-state index < -0.39 is 10.0 Å². The summed E-state index contributed by atoms with van der Waals surface area (Å²) in [7, 11) is 0.284. The van der Waals surface area contributed by atoms with Gasteiger partial charge >= 0.3 is 0 Å². The molecule has 0 saturated carbocycles. The number of benzene rings is 2. The van der Waals surface area contributed by atoms with Crippen LogP contribution in [0.4, 0.5) is 34.5 Å². The van der Waals surface area contributed by atoms with Crippen LogP contribution in [0.1, 0.15) is 18.4 Å². The van der Waals surface area contributed by atoms with Crippen molar-refractivity contribution in [1.29, 1.82) is 0 Å². The number of hydrogen-bond donors (Lipinski definition) is 3. The Balaban J connectivity index is 1.18. The number of rotatable bonds is 9. The molecule has 3 aromatic rings. The maximum absolute atomic E-state index is 12.1. The fraction of sp³-hybridized carbons (Fsp3) is 0.467. The van der Waals surface area contributed by atoms with Crippen LogP contribution in [0.25, 0.3) is 0 Å². The van der Waals surface area contributed by atoms with Crippen LogP contribution in [0.3, 0.4) is 0 Å². The number of sulfonamides is 1. The third kappa shape index (κ3) is 7.51. The van der Waals surface area contributed by atoms with E-state index in [1.807, 2.05) is 18.2 Å². The zero-order valence-corrected chi connectivity index (χ0v) is 28.7. The van der Waals surface area contributed by atoms with Crippen LogP contribution in [-0.2, 0) is 16.4 Å². The zero-order valence-electron chi connectivity index (χ0n) is 25.6. The highest BCUT2D eigenvalue weighted by molar-refractivity contribution is 9.10. The summed E-state index contributed by atoms with van der Waals surface area (Å²) >= 11 is 10.3. The second-order valence-corrected chi connectivity index (χ2v) is 14.7. The second-order valence-electron chi connectivity index (χ2n) is 11.7. The van der Waals surface area contributed by atoms with E-state index in [0.717, 1.165) is 74.1 Å². The van der Waals surface area contributed by atoms with Gasteiger partial charge < -0.3 is 29.9 Å². The Hall–Kier alpha value is -3.04. The first-order chi connectivity index (χ1) is 21.6. The summed E-state index contributed by atoms with van der Waals surface area (Å²) in [6.45, 7) is 7.05. The molecule has 6 rings (SSSR count). The van der Waals surface area contributed by atoms with Crippen LogP contribution < -0.4 is 29.7 Å². The van der Waals surface area contributed by atoms with Gasteiger partial charge in [0.2, 0.25) is 16.0 Å². The van der Waals surface area contributed by atoms with Gasteiger partial charge in [-0.05, 0) is 53.5 Å². The summed E-state index contributed by atoms with van der Waals surface area (Å²) < 4.78 is 39.0. The monoisotopic (exact) mass is 720 g/mol. The van der Waals surface area contributed by atoms with Gasteiger partial charge in [0, 0.05) is 68.3 Å². The van der Waals surface area contributed by atoms with Gasteiger partial charge in [0.1, 0.15) is 16.5 Å². The van der Waals surface area contributed by atoms with Crippen molar-refractivity contribution >= 4 is 72.1 Å². The van der Waals surface area contributed by atoms with Gasteiger partial charge in [-0.2, -0.15) is 4.98 Å². The lowest BCUT2D eigenvalue weighted by atomic mass is 10.0. The minimum absolute atomic E-state index is 0.270. The van der Waals surface area contributed by atoms with Gasteiger partial charge in [-0.1, -0.05) is 11.6 Å². The predicted octanol–water partition coefficient (Wildman–Crippen LogP) is 4.91. The van der Waals surface area contributed by atoms with E-state index in [1.165, 1.54) is 6.20 Å². The number of nitrogens with one attached hydrogen (secondary N) is 3. The van der Waals surface area contributed by atoms with Crippen LogP contribution in [-0.4, -0.2) is 101 Å². The lowest BCUT2D eigenvalue weighted by molar-refractivity contribution is 0.0982. The molecule has 45 heavy (non-hydrogen) atoms. The molecule has 0 spiro atoms. The third-order valence-electron chi connectivity index (χ3n) is 8.50. The van der Waals surface area contributed by atoms with Crippen molar-refractivity contribution in [3.63, 3.8) is 0 Å². The molecular weight excluding hydrogens is 684 g/mol. The number of halogens is 2. The smallest absolute Gasteiger partial charge is 0.229 e. The molecule has 2 aromatic carbocycles.